The summed E-state index contributed by atoms with van der Waals surface area (Å²) in [6, 6.07) is 20.7. The smallest absolute Gasteiger partial charge is 0.245 e. The number of aromatic amines is 1. The molecular weight excluding hydrogens is 566 g/mol. The molecule has 0 aliphatic carbocycles. The molecule has 6 rings (SSSR count). The number of aromatic nitrogens is 3. The van der Waals surface area contributed by atoms with Gasteiger partial charge in [-0.1, -0.05) is 59.3 Å². The van der Waals surface area contributed by atoms with Gasteiger partial charge in [0.15, 0.2) is 5.13 Å². The van der Waals surface area contributed by atoms with E-state index in [1.807, 2.05) is 66.7 Å². The first kappa shape index (κ1) is 26.7. The van der Waals surface area contributed by atoms with Crippen LogP contribution in [0, 0.1) is 0 Å². The Kier molecular flexibility index (Phi) is 6.59. The molecule has 1 aliphatic heterocycles. The van der Waals surface area contributed by atoms with Crippen molar-refractivity contribution in [2.24, 2.45) is 0 Å². The fourth-order valence-corrected chi connectivity index (χ4v) is 8.55. The summed E-state index contributed by atoms with van der Waals surface area (Å²) in [4.78, 5) is 25.6. The number of anilines is 1. The van der Waals surface area contributed by atoms with Gasteiger partial charge in [0, 0.05) is 5.02 Å². The van der Waals surface area contributed by atoms with Crippen LogP contribution in [0.5, 0.6) is 0 Å². The summed E-state index contributed by atoms with van der Waals surface area (Å²) in [6.45, 7) is 5.20. The third kappa shape index (κ3) is 4.95. The number of H-pyrrole nitrogens is 1. The number of amides is 1. The number of rotatable bonds is 6. The number of fused-ring (bicyclic) bond motifs is 2. The summed E-state index contributed by atoms with van der Waals surface area (Å²) in [6.07, 6.45) is 0.510. The van der Waals surface area contributed by atoms with E-state index in [0.717, 1.165) is 42.1 Å². The minimum Gasteiger partial charge on any atom is -0.351 e. The van der Waals surface area contributed by atoms with E-state index in [2.05, 4.69) is 10.3 Å². The predicted molar refractivity (Wildman–Crippen MR) is 160 cm³/mol. The fraction of sp³-hybridized carbons (Fsp3) is 0.276. The molecule has 2 aromatic heterocycles. The lowest BCUT2D eigenvalue weighted by Gasteiger charge is -2.30. The van der Waals surface area contributed by atoms with Crippen LogP contribution in [0.3, 0.4) is 0 Å². The zero-order valence-corrected chi connectivity index (χ0v) is 24.6. The van der Waals surface area contributed by atoms with E-state index < -0.39 is 20.8 Å². The van der Waals surface area contributed by atoms with Gasteiger partial charge in [0.1, 0.15) is 11.1 Å². The first-order valence-electron chi connectivity index (χ1n) is 12.9. The number of nitrogens with one attached hydrogen (secondary N) is 2. The molecular formula is C29H28ClN5O3S2. The highest BCUT2D eigenvalue weighted by atomic mass is 35.5. The molecule has 206 valence electrons. The van der Waals surface area contributed by atoms with Gasteiger partial charge in [0.2, 0.25) is 15.9 Å². The van der Waals surface area contributed by atoms with Crippen LogP contribution in [-0.2, 0) is 21.2 Å². The van der Waals surface area contributed by atoms with E-state index in [1.54, 1.807) is 32.1 Å². The molecule has 5 aromatic rings. The second-order valence-corrected chi connectivity index (χ2v) is 14.4. The van der Waals surface area contributed by atoms with Crippen LogP contribution < -0.4 is 5.32 Å². The van der Waals surface area contributed by atoms with Crippen LogP contribution in [-0.4, -0.2) is 39.1 Å². The van der Waals surface area contributed by atoms with Crippen molar-refractivity contribution in [2.75, 3.05) is 5.32 Å². The van der Waals surface area contributed by atoms with Crippen LogP contribution in [0.15, 0.2) is 66.7 Å². The van der Waals surface area contributed by atoms with Crippen molar-refractivity contribution >= 4 is 65.2 Å². The van der Waals surface area contributed by atoms with Crippen LogP contribution in [0.1, 0.15) is 55.4 Å². The van der Waals surface area contributed by atoms with Crippen LogP contribution >= 0.6 is 22.9 Å². The van der Waals surface area contributed by atoms with E-state index in [-0.39, 0.29) is 18.4 Å². The lowest BCUT2D eigenvalue weighted by Crippen LogP contribution is -2.45. The third-order valence-electron chi connectivity index (χ3n) is 6.99. The molecule has 1 amide bonds. The van der Waals surface area contributed by atoms with Gasteiger partial charge in [0.25, 0.3) is 0 Å². The molecule has 2 atom stereocenters. The SMILES string of the molecule is CC(C)(C)N1C(=O)CC(c2ccc(CC(Nc3nc4ccccc4s3)c3nc4ccc(Cl)cc4[nH]3)cc2)S1(=O)=O. The minimum atomic E-state index is -3.80. The Morgan fingerprint density at radius 3 is 2.52 bits per heavy atom. The molecule has 8 nitrogen and oxygen atoms in total. The fourth-order valence-electron chi connectivity index (χ4n) is 5.23. The van der Waals surface area contributed by atoms with Gasteiger partial charge in [-0.05, 0) is 68.7 Å². The van der Waals surface area contributed by atoms with Gasteiger partial charge in [-0.3, -0.25) is 4.79 Å². The standard InChI is InChI=1S/C29H28ClN5O3S2/c1-29(2,3)35-26(36)16-25(40(35,37)38)18-10-8-17(9-11-18)14-23(27-31-20-13-12-19(30)15-22(20)32-27)34-28-33-21-6-4-5-7-24(21)39-28/h4-13,15,23,25H,14,16H2,1-3H3,(H,31,32)(H,33,34). The normalized spacial score (nSPS) is 18.1. The third-order valence-corrected chi connectivity index (χ3v) is 10.6. The Bertz CT molecular complexity index is 1810. The highest BCUT2D eigenvalue weighted by Crippen LogP contribution is 2.40. The maximum absolute atomic E-state index is 13.3. The first-order chi connectivity index (χ1) is 19.0. The highest BCUT2D eigenvalue weighted by Gasteiger charge is 2.49. The van der Waals surface area contributed by atoms with Crippen molar-refractivity contribution < 1.29 is 13.2 Å². The number of hydrogen-bond donors (Lipinski definition) is 2. The van der Waals surface area contributed by atoms with Crippen molar-refractivity contribution in [2.45, 2.75) is 50.4 Å². The largest absolute Gasteiger partial charge is 0.351 e. The number of benzene rings is 3. The topological polar surface area (TPSA) is 108 Å². The van der Waals surface area contributed by atoms with Crippen LogP contribution in [0.4, 0.5) is 5.13 Å². The molecule has 1 fully saturated rings. The van der Waals surface area contributed by atoms with Crippen molar-refractivity contribution in [3.63, 3.8) is 0 Å². The first-order valence-corrected chi connectivity index (χ1v) is 15.6. The number of carbonyl (C=O) groups excluding carboxylic acids is 1. The molecule has 0 radical (unpaired) electrons. The lowest BCUT2D eigenvalue weighted by atomic mass is 10.0. The van der Waals surface area contributed by atoms with E-state index in [1.165, 1.54) is 0 Å². The maximum Gasteiger partial charge on any atom is 0.245 e. The number of para-hydroxylation sites is 1. The molecule has 40 heavy (non-hydrogen) atoms. The summed E-state index contributed by atoms with van der Waals surface area (Å²) in [5.41, 5.74) is 3.36. The zero-order valence-electron chi connectivity index (χ0n) is 22.2. The van der Waals surface area contributed by atoms with Gasteiger partial charge in [-0.2, -0.15) is 0 Å². The van der Waals surface area contributed by atoms with E-state index in [0.29, 0.717) is 17.0 Å². The van der Waals surface area contributed by atoms with Crippen LogP contribution in [0.2, 0.25) is 5.02 Å². The molecule has 3 heterocycles. The van der Waals surface area contributed by atoms with Gasteiger partial charge in [0.05, 0.1) is 39.3 Å². The number of nitrogens with zero attached hydrogens (tertiary/aromatic N) is 3. The monoisotopic (exact) mass is 593 g/mol. The molecule has 1 saturated heterocycles. The molecule has 0 saturated carbocycles. The Hall–Kier alpha value is -3.47. The second-order valence-electron chi connectivity index (χ2n) is 11.0. The highest BCUT2D eigenvalue weighted by molar-refractivity contribution is 7.90. The van der Waals surface area contributed by atoms with E-state index >= 15 is 0 Å². The van der Waals surface area contributed by atoms with Gasteiger partial charge in [-0.15, -0.1) is 0 Å². The second kappa shape index (κ2) is 9.87. The van der Waals surface area contributed by atoms with Gasteiger partial charge >= 0.3 is 0 Å². The average Bonchev–Trinajstić information content (AvgIpc) is 3.55. The Morgan fingerprint density at radius 1 is 1.07 bits per heavy atom. The Balaban J connectivity index is 1.30. The average molecular weight is 594 g/mol. The van der Waals surface area contributed by atoms with Crippen molar-refractivity contribution in [3.8, 4) is 0 Å². The Labute approximate surface area is 241 Å². The number of carbonyl (C=O) groups is 1. The van der Waals surface area contributed by atoms with Crippen molar-refractivity contribution in [1.82, 2.24) is 19.3 Å². The molecule has 2 N–H and O–H groups in total. The molecule has 2 unspecified atom stereocenters. The quantitative estimate of drug-likeness (QED) is 0.229. The lowest BCUT2D eigenvalue weighted by molar-refractivity contribution is -0.128. The summed E-state index contributed by atoms with van der Waals surface area (Å²) in [5, 5.41) is 4.07. The predicted octanol–water partition coefficient (Wildman–Crippen LogP) is 6.62. The number of sulfonamides is 1. The molecule has 3 aromatic carbocycles. The summed E-state index contributed by atoms with van der Waals surface area (Å²) in [5.74, 6) is 0.372. The minimum absolute atomic E-state index is 0.0533. The number of thiazole rings is 1. The molecule has 11 heteroatoms. The summed E-state index contributed by atoms with van der Waals surface area (Å²) < 4.78 is 28.6. The molecule has 0 bridgehead atoms. The van der Waals surface area contributed by atoms with Crippen LogP contribution in [0.25, 0.3) is 21.3 Å². The Morgan fingerprint density at radius 2 is 1.82 bits per heavy atom. The summed E-state index contributed by atoms with van der Waals surface area (Å²) >= 11 is 7.78. The van der Waals surface area contributed by atoms with Gasteiger partial charge < -0.3 is 10.3 Å². The molecule has 0 spiro atoms. The molecule has 1 aliphatic rings. The number of halogens is 1. The number of imidazole rings is 1. The number of hydrogen-bond acceptors (Lipinski definition) is 7. The van der Waals surface area contributed by atoms with Crippen molar-refractivity contribution in [1.29, 1.82) is 0 Å². The van der Waals surface area contributed by atoms with Gasteiger partial charge in [-0.25, -0.2) is 22.7 Å². The van der Waals surface area contributed by atoms with E-state index in [9.17, 15) is 13.2 Å². The zero-order chi connectivity index (χ0) is 28.2. The summed E-state index contributed by atoms with van der Waals surface area (Å²) in [7, 11) is -3.80. The van der Waals surface area contributed by atoms with Crippen molar-refractivity contribution in [3.05, 3.63) is 88.7 Å². The van der Waals surface area contributed by atoms with E-state index in [4.69, 9.17) is 21.6 Å². The maximum atomic E-state index is 13.3.